The highest BCUT2D eigenvalue weighted by Crippen LogP contribution is 2.25. The molecular formula is C29H34N6O5. The zero-order chi connectivity index (χ0) is 29.1. The molecule has 4 N–H and O–H groups in total. The van der Waals surface area contributed by atoms with E-state index in [1.54, 1.807) is 74.8 Å². The van der Waals surface area contributed by atoms with Gasteiger partial charge in [-0.25, -0.2) is 4.98 Å². The van der Waals surface area contributed by atoms with E-state index in [4.69, 9.17) is 20.6 Å². The summed E-state index contributed by atoms with van der Waals surface area (Å²) in [6.07, 6.45) is 1.57. The van der Waals surface area contributed by atoms with E-state index in [-0.39, 0.29) is 49.2 Å². The average molecular weight is 547 g/mol. The number of nitrogens with one attached hydrogen (secondary N) is 2. The minimum absolute atomic E-state index is 0.000188. The van der Waals surface area contributed by atoms with Gasteiger partial charge >= 0.3 is 5.97 Å². The van der Waals surface area contributed by atoms with Crippen LogP contribution in [0.2, 0.25) is 0 Å². The van der Waals surface area contributed by atoms with Crippen LogP contribution in [0, 0.1) is 5.41 Å². The van der Waals surface area contributed by atoms with Crippen LogP contribution in [-0.2, 0) is 19.1 Å². The second-order valence-electron chi connectivity index (χ2n) is 8.62. The third kappa shape index (κ3) is 7.79. The second kappa shape index (κ2) is 14.3. The largest absolute Gasteiger partial charge is 0.478 e. The molecule has 0 saturated carbocycles. The molecule has 0 aliphatic heterocycles. The molecule has 0 bridgehead atoms. The summed E-state index contributed by atoms with van der Waals surface area (Å²) in [6.45, 7) is 4.28. The molecule has 2 amide bonds. The van der Waals surface area contributed by atoms with E-state index in [9.17, 15) is 14.4 Å². The first-order valence-corrected chi connectivity index (χ1v) is 12.8. The maximum Gasteiger partial charge on any atom is 0.307 e. The average Bonchev–Trinajstić information content (AvgIpc) is 2.96. The summed E-state index contributed by atoms with van der Waals surface area (Å²) in [5.41, 5.74) is 8.59. The first-order chi connectivity index (χ1) is 19.2. The third-order valence-corrected chi connectivity index (χ3v) is 5.91. The van der Waals surface area contributed by atoms with E-state index >= 15 is 0 Å². The summed E-state index contributed by atoms with van der Waals surface area (Å²) >= 11 is 0. The van der Waals surface area contributed by atoms with Crippen LogP contribution >= 0.6 is 0 Å². The van der Waals surface area contributed by atoms with Gasteiger partial charge in [-0.3, -0.25) is 24.7 Å². The van der Waals surface area contributed by atoms with Gasteiger partial charge in [-0.1, -0.05) is 6.07 Å². The highest BCUT2D eigenvalue weighted by atomic mass is 16.5. The molecule has 3 rings (SSSR count). The van der Waals surface area contributed by atoms with Crippen molar-refractivity contribution >= 4 is 46.6 Å². The van der Waals surface area contributed by atoms with Crippen molar-refractivity contribution in [3.8, 4) is 0 Å². The Bertz CT molecular complexity index is 1330. The van der Waals surface area contributed by atoms with Crippen molar-refractivity contribution < 1.29 is 23.9 Å². The number of likely N-dealkylation sites (N-methyl/N-ethyl adjacent to an activating group) is 1. The Morgan fingerprint density at radius 2 is 1.68 bits per heavy atom. The van der Waals surface area contributed by atoms with Crippen LogP contribution in [0.4, 0.5) is 22.9 Å². The van der Waals surface area contributed by atoms with Crippen LogP contribution in [0.1, 0.15) is 36.2 Å². The predicted octanol–water partition coefficient (Wildman–Crippen LogP) is 3.70. The van der Waals surface area contributed by atoms with Crippen LogP contribution < -0.4 is 20.9 Å². The van der Waals surface area contributed by atoms with Crippen LogP contribution in [0.3, 0.4) is 0 Å². The number of rotatable bonds is 12. The number of carbonyl (C=O) groups excluding carboxylic acids is 3. The molecule has 11 nitrogen and oxygen atoms in total. The summed E-state index contributed by atoms with van der Waals surface area (Å²) in [7, 11) is 1.60. The van der Waals surface area contributed by atoms with E-state index in [2.05, 4.69) is 10.3 Å². The van der Waals surface area contributed by atoms with Crippen LogP contribution in [0.5, 0.6) is 0 Å². The number of aromatic nitrogens is 1. The molecule has 0 saturated heterocycles. The number of nitrogens with two attached hydrogens (primary N) is 1. The molecule has 0 radical (unpaired) electrons. The Balaban J connectivity index is 1.68. The fourth-order valence-electron chi connectivity index (χ4n) is 3.82. The number of esters is 1. The van der Waals surface area contributed by atoms with Crippen LogP contribution in [-0.4, -0.2) is 62.0 Å². The Kier molecular flexibility index (Phi) is 10.6. The van der Waals surface area contributed by atoms with Crippen molar-refractivity contribution in [3.63, 3.8) is 0 Å². The summed E-state index contributed by atoms with van der Waals surface area (Å²) in [5, 5.41) is 10.9. The first kappa shape index (κ1) is 29.6. The fourth-order valence-corrected chi connectivity index (χ4v) is 3.82. The van der Waals surface area contributed by atoms with E-state index < -0.39 is 11.9 Å². The molecule has 11 heteroatoms. The van der Waals surface area contributed by atoms with Gasteiger partial charge in [0.2, 0.25) is 11.8 Å². The zero-order valence-corrected chi connectivity index (χ0v) is 22.8. The van der Waals surface area contributed by atoms with Crippen LogP contribution in [0.15, 0.2) is 66.9 Å². The molecule has 0 fully saturated rings. The van der Waals surface area contributed by atoms with Gasteiger partial charge in [0.1, 0.15) is 5.82 Å². The van der Waals surface area contributed by atoms with Gasteiger partial charge < -0.3 is 25.4 Å². The summed E-state index contributed by atoms with van der Waals surface area (Å²) in [6, 6.07) is 16.9. The molecule has 0 aliphatic carbocycles. The predicted molar refractivity (Wildman–Crippen MR) is 155 cm³/mol. The maximum absolute atomic E-state index is 13.4. The van der Waals surface area contributed by atoms with Crippen LogP contribution in [0.25, 0.3) is 0 Å². The summed E-state index contributed by atoms with van der Waals surface area (Å²) in [5.74, 6) is -0.579. The Morgan fingerprint density at radius 1 is 0.975 bits per heavy atom. The van der Waals surface area contributed by atoms with Gasteiger partial charge in [0.25, 0.3) is 5.91 Å². The monoisotopic (exact) mass is 546 g/mol. The van der Waals surface area contributed by atoms with Gasteiger partial charge in [-0.15, -0.1) is 0 Å². The number of nitrogen functional groups attached to an aromatic ring is 1. The minimum Gasteiger partial charge on any atom is -0.478 e. The van der Waals surface area contributed by atoms with Gasteiger partial charge in [0, 0.05) is 36.6 Å². The highest BCUT2D eigenvalue weighted by molar-refractivity contribution is 6.07. The smallest absolute Gasteiger partial charge is 0.307 e. The van der Waals surface area contributed by atoms with Gasteiger partial charge in [-0.05, 0) is 68.4 Å². The lowest BCUT2D eigenvalue weighted by molar-refractivity contribution is -0.142. The van der Waals surface area contributed by atoms with E-state index in [1.165, 1.54) is 15.9 Å². The standard InChI is InChI=1S/C29H34N6O5/c1-4-39-27(37)15-17-35(25-8-6-7-16-32-25)29(38)21-11-14-24(23(30)18-21)34(3)26(36)19-33-22-12-9-20(10-13-22)28(31)40-5-2/h6-14,16,18,31,33H,4-5,15,17,19,30H2,1-3H3. The second-order valence-corrected chi connectivity index (χ2v) is 8.62. The van der Waals surface area contributed by atoms with E-state index in [1.807, 2.05) is 6.92 Å². The number of pyridine rings is 1. The maximum atomic E-state index is 13.4. The molecular weight excluding hydrogens is 512 g/mol. The number of ether oxygens (including phenoxy) is 2. The molecule has 40 heavy (non-hydrogen) atoms. The molecule has 0 unspecified atom stereocenters. The van der Waals surface area contributed by atoms with E-state index in [0.717, 1.165) is 0 Å². The normalized spacial score (nSPS) is 10.4. The lowest BCUT2D eigenvalue weighted by Crippen LogP contribution is -2.34. The molecule has 1 aromatic heterocycles. The van der Waals surface area contributed by atoms with Gasteiger partial charge in [0.15, 0.2) is 0 Å². The Labute approximate surface area is 233 Å². The topological polar surface area (TPSA) is 151 Å². The van der Waals surface area contributed by atoms with Crippen molar-refractivity contribution in [2.45, 2.75) is 20.3 Å². The number of hydrogen-bond acceptors (Lipinski definition) is 9. The Hall–Kier alpha value is -4.93. The number of hydrogen-bond donors (Lipinski definition) is 3. The van der Waals surface area contributed by atoms with Crippen molar-refractivity contribution in [3.05, 3.63) is 78.0 Å². The van der Waals surface area contributed by atoms with Crippen molar-refractivity contribution in [1.82, 2.24) is 4.98 Å². The quantitative estimate of drug-likeness (QED) is 0.135. The molecule has 2 aromatic carbocycles. The highest BCUT2D eigenvalue weighted by Gasteiger charge is 2.22. The summed E-state index contributed by atoms with van der Waals surface area (Å²) < 4.78 is 10.2. The van der Waals surface area contributed by atoms with E-state index in [0.29, 0.717) is 29.4 Å². The van der Waals surface area contributed by atoms with Gasteiger partial charge in [-0.2, -0.15) is 0 Å². The van der Waals surface area contributed by atoms with Crippen molar-refractivity contribution in [2.24, 2.45) is 0 Å². The number of benzene rings is 2. The van der Waals surface area contributed by atoms with Gasteiger partial charge in [0.05, 0.1) is 37.6 Å². The third-order valence-electron chi connectivity index (χ3n) is 5.91. The van der Waals surface area contributed by atoms with Crippen molar-refractivity contribution in [2.75, 3.05) is 54.2 Å². The minimum atomic E-state index is -0.416. The number of anilines is 4. The lowest BCUT2D eigenvalue weighted by atomic mass is 10.1. The molecule has 3 aromatic rings. The zero-order valence-electron chi connectivity index (χ0n) is 22.8. The summed E-state index contributed by atoms with van der Waals surface area (Å²) in [4.78, 5) is 45.3. The lowest BCUT2D eigenvalue weighted by Gasteiger charge is -2.23. The SMILES string of the molecule is CCOC(=N)c1ccc(NCC(=O)N(C)c2ccc(C(=O)N(CCC(=O)OCC)c3ccccn3)cc2N)cc1. The molecule has 0 atom stereocenters. The Morgan fingerprint density at radius 3 is 2.30 bits per heavy atom. The molecule has 0 aliphatic rings. The first-order valence-electron chi connectivity index (χ1n) is 12.8. The number of carbonyl (C=O) groups is 3. The van der Waals surface area contributed by atoms with Crippen molar-refractivity contribution in [1.29, 1.82) is 5.41 Å². The molecule has 0 spiro atoms. The number of amides is 2. The molecule has 1 heterocycles. The number of nitrogens with zero attached hydrogens (tertiary/aromatic N) is 3. The fraction of sp³-hybridized carbons (Fsp3) is 0.276. The molecule has 210 valence electrons.